The molecule has 6 nitrogen and oxygen atoms in total. The summed E-state index contributed by atoms with van der Waals surface area (Å²) in [6, 6.07) is 28.1. The monoisotopic (exact) mass is 740 g/mol. The smallest absolute Gasteiger partial charge is 0.312 e. The second-order valence-corrected chi connectivity index (χ2v) is 13.4. The molecule has 0 spiro atoms. The van der Waals surface area contributed by atoms with Crippen LogP contribution in [-0.4, -0.2) is 59.4 Å². The molecule has 0 aromatic heterocycles. The van der Waals surface area contributed by atoms with Crippen LogP contribution in [0.3, 0.4) is 0 Å². The Kier molecular flexibility index (Phi) is 10.8. The third kappa shape index (κ3) is 7.85. The van der Waals surface area contributed by atoms with Crippen molar-refractivity contribution < 1.29 is 19.2 Å². The molecule has 0 radical (unpaired) electrons. The van der Waals surface area contributed by atoms with Crippen LogP contribution >= 0.6 is 46.4 Å². The van der Waals surface area contributed by atoms with Crippen molar-refractivity contribution in [1.82, 2.24) is 9.80 Å². The third-order valence-corrected chi connectivity index (χ3v) is 9.69. The van der Waals surface area contributed by atoms with Gasteiger partial charge in [-0.25, -0.2) is 0 Å². The lowest BCUT2D eigenvalue weighted by Crippen LogP contribution is -2.52. The van der Waals surface area contributed by atoms with Crippen molar-refractivity contribution in [3.63, 3.8) is 0 Å². The minimum Gasteiger partial charge on any atom is -0.325 e. The SMILES string of the molecule is O=C1/C(=C/c2ccccc2Cl)CN(C(=O)C(=O)N2C/C(=C\c3ccccc3Cl)C(=O)/C(=C/c3ccccc3Cl)C2)C/C1=C\c1ccccc1Cl. The summed E-state index contributed by atoms with van der Waals surface area (Å²) in [5.41, 5.74) is 3.46. The van der Waals surface area contributed by atoms with Crippen molar-refractivity contribution >= 4 is 94.1 Å². The van der Waals surface area contributed by atoms with Crippen molar-refractivity contribution in [2.75, 3.05) is 26.2 Å². The van der Waals surface area contributed by atoms with Crippen LogP contribution in [0.5, 0.6) is 0 Å². The maximum atomic E-state index is 14.1. The van der Waals surface area contributed by atoms with E-state index in [1.165, 1.54) is 9.80 Å². The van der Waals surface area contributed by atoms with E-state index in [9.17, 15) is 19.2 Å². The third-order valence-electron chi connectivity index (χ3n) is 8.31. The number of hydrogen-bond acceptors (Lipinski definition) is 4. The number of amides is 2. The van der Waals surface area contributed by atoms with Crippen LogP contribution in [-0.2, 0) is 19.2 Å². The molecule has 2 aliphatic heterocycles. The highest BCUT2D eigenvalue weighted by atomic mass is 35.5. The molecule has 2 amide bonds. The van der Waals surface area contributed by atoms with E-state index in [4.69, 9.17) is 46.4 Å². The summed E-state index contributed by atoms with van der Waals surface area (Å²) >= 11 is 25.7. The van der Waals surface area contributed by atoms with Gasteiger partial charge in [-0.3, -0.25) is 19.2 Å². The molecule has 2 saturated heterocycles. The van der Waals surface area contributed by atoms with Gasteiger partial charge in [-0.1, -0.05) is 119 Å². The van der Waals surface area contributed by atoms with E-state index in [1.807, 2.05) is 0 Å². The number of benzene rings is 4. The van der Waals surface area contributed by atoms with Gasteiger partial charge in [-0.05, 0) is 70.8 Å². The number of carbonyl (C=O) groups is 4. The lowest BCUT2D eigenvalue weighted by atomic mass is 9.93. The topological polar surface area (TPSA) is 74.8 Å². The lowest BCUT2D eigenvalue weighted by Gasteiger charge is -2.34. The summed E-state index contributed by atoms with van der Waals surface area (Å²) in [6.45, 7) is -0.532. The molecule has 250 valence electrons. The highest BCUT2D eigenvalue weighted by Gasteiger charge is 2.37. The van der Waals surface area contributed by atoms with E-state index in [-0.39, 0.29) is 60.0 Å². The molecule has 4 aromatic carbocycles. The maximum Gasteiger partial charge on any atom is 0.312 e. The Morgan fingerprint density at radius 1 is 0.420 bits per heavy atom. The first-order chi connectivity index (χ1) is 24.1. The molecule has 0 saturated carbocycles. The first-order valence-electron chi connectivity index (χ1n) is 15.6. The molecule has 2 heterocycles. The van der Waals surface area contributed by atoms with Gasteiger partial charge in [0, 0.05) is 42.4 Å². The van der Waals surface area contributed by atoms with Crippen LogP contribution in [0, 0.1) is 0 Å². The number of likely N-dealkylation sites (tertiary alicyclic amines) is 2. The van der Waals surface area contributed by atoms with E-state index in [0.29, 0.717) is 42.3 Å². The van der Waals surface area contributed by atoms with Gasteiger partial charge in [0.2, 0.25) is 0 Å². The van der Waals surface area contributed by atoms with E-state index >= 15 is 0 Å². The fraction of sp³-hybridized carbons (Fsp3) is 0.100. The molecule has 10 heteroatoms. The molecule has 0 unspecified atom stereocenters. The summed E-state index contributed by atoms with van der Waals surface area (Å²) in [5, 5.41) is 1.71. The number of halogens is 4. The van der Waals surface area contributed by atoms with E-state index < -0.39 is 11.8 Å². The molecular weight excluding hydrogens is 714 g/mol. The number of hydrogen-bond donors (Lipinski definition) is 0. The molecule has 50 heavy (non-hydrogen) atoms. The molecule has 0 aliphatic carbocycles. The molecule has 0 bridgehead atoms. The normalized spacial score (nSPS) is 18.4. The minimum atomic E-state index is -0.837. The van der Waals surface area contributed by atoms with Crippen LogP contribution in [0.4, 0.5) is 0 Å². The molecular formula is C40H28Cl4N2O4. The van der Waals surface area contributed by atoms with Crippen LogP contribution in [0.15, 0.2) is 119 Å². The van der Waals surface area contributed by atoms with Gasteiger partial charge in [-0.15, -0.1) is 0 Å². The van der Waals surface area contributed by atoms with Crippen LogP contribution in [0.2, 0.25) is 20.1 Å². The second-order valence-electron chi connectivity index (χ2n) is 11.7. The standard InChI is InChI=1S/C40H28Cl4N2O4/c41-33-13-5-1-9-25(33)17-29-21-45(22-30(37(29)47)18-26-10-2-6-14-34(26)42)39(49)40(50)46-23-31(19-27-11-3-7-15-35(27)43)38(48)32(24-46)20-28-12-4-8-16-36(28)44/h1-20H,21-24H2/b29-17+,30-18+,31-19+,32-20+. The zero-order chi connectivity index (χ0) is 35.4. The molecule has 0 atom stereocenters. The molecule has 0 N–H and O–H groups in total. The van der Waals surface area contributed by atoms with Gasteiger partial charge < -0.3 is 9.80 Å². The average molecular weight is 742 g/mol. The predicted molar refractivity (Wildman–Crippen MR) is 201 cm³/mol. The zero-order valence-electron chi connectivity index (χ0n) is 26.4. The Hall–Kier alpha value is -4.72. The molecule has 6 rings (SSSR count). The largest absolute Gasteiger partial charge is 0.325 e. The van der Waals surface area contributed by atoms with Crippen LogP contribution in [0.25, 0.3) is 24.3 Å². The lowest BCUT2D eigenvalue weighted by molar-refractivity contribution is -0.151. The van der Waals surface area contributed by atoms with Gasteiger partial charge in [0.05, 0.1) is 26.2 Å². The van der Waals surface area contributed by atoms with Gasteiger partial charge in [0.25, 0.3) is 0 Å². The Morgan fingerprint density at radius 3 is 0.860 bits per heavy atom. The number of piperidine rings is 2. The highest BCUT2D eigenvalue weighted by Crippen LogP contribution is 2.29. The number of ketones is 2. The Bertz CT molecular complexity index is 1880. The van der Waals surface area contributed by atoms with Gasteiger partial charge >= 0.3 is 11.8 Å². The fourth-order valence-electron chi connectivity index (χ4n) is 5.76. The number of Topliss-reactive ketones (excluding diaryl/α,β-unsaturated/α-hetero) is 2. The van der Waals surface area contributed by atoms with Crippen LogP contribution < -0.4 is 0 Å². The summed E-state index contributed by atoms with van der Waals surface area (Å²) in [6.07, 6.45) is 6.51. The average Bonchev–Trinajstić information content (AvgIpc) is 3.11. The Labute approximate surface area is 309 Å². The van der Waals surface area contributed by atoms with Gasteiger partial charge in [-0.2, -0.15) is 0 Å². The second kappa shape index (κ2) is 15.4. The first-order valence-corrected chi connectivity index (χ1v) is 17.1. The number of nitrogens with zero attached hydrogens (tertiary/aromatic N) is 2. The molecule has 2 aliphatic rings. The first kappa shape index (κ1) is 35.1. The van der Waals surface area contributed by atoms with Gasteiger partial charge in [0.1, 0.15) is 0 Å². The minimum absolute atomic E-state index is 0.133. The van der Waals surface area contributed by atoms with Crippen molar-refractivity contribution in [3.05, 3.63) is 162 Å². The fourth-order valence-corrected chi connectivity index (χ4v) is 6.52. The van der Waals surface area contributed by atoms with Gasteiger partial charge in [0.15, 0.2) is 11.6 Å². The van der Waals surface area contributed by atoms with E-state index in [1.54, 1.807) is 121 Å². The summed E-state index contributed by atoms with van der Waals surface area (Å²) < 4.78 is 0. The highest BCUT2D eigenvalue weighted by molar-refractivity contribution is 6.37. The summed E-state index contributed by atoms with van der Waals surface area (Å²) in [4.78, 5) is 58.4. The number of carbonyl (C=O) groups excluding carboxylic acids is 4. The summed E-state index contributed by atoms with van der Waals surface area (Å²) in [7, 11) is 0. The zero-order valence-corrected chi connectivity index (χ0v) is 29.4. The summed E-state index contributed by atoms with van der Waals surface area (Å²) in [5.74, 6) is -2.26. The van der Waals surface area contributed by atoms with Crippen molar-refractivity contribution in [1.29, 1.82) is 0 Å². The quantitative estimate of drug-likeness (QED) is 0.155. The molecule has 4 aromatic rings. The van der Waals surface area contributed by atoms with E-state index in [0.717, 1.165) is 0 Å². The Morgan fingerprint density at radius 2 is 0.640 bits per heavy atom. The van der Waals surface area contributed by atoms with E-state index in [2.05, 4.69) is 0 Å². The number of rotatable bonds is 4. The van der Waals surface area contributed by atoms with Crippen LogP contribution in [0.1, 0.15) is 22.3 Å². The predicted octanol–water partition coefficient (Wildman–Crippen LogP) is 8.76. The Balaban J connectivity index is 1.37. The van der Waals surface area contributed by atoms with Crippen molar-refractivity contribution in [2.24, 2.45) is 0 Å². The maximum absolute atomic E-state index is 14.1. The molecule has 2 fully saturated rings. The van der Waals surface area contributed by atoms with Crippen molar-refractivity contribution in [3.8, 4) is 0 Å². The van der Waals surface area contributed by atoms with Crippen molar-refractivity contribution in [2.45, 2.75) is 0 Å².